The molecule has 102 valence electrons. The van der Waals surface area contributed by atoms with E-state index in [0.29, 0.717) is 10.7 Å². The Bertz CT molecular complexity index is 826. The molecule has 1 aromatic carbocycles. The number of imidazole rings is 1. The Morgan fingerprint density at radius 3 is 2.70 bits per heavy atom. The molecule has 0 radical (unpaired) electrons. The van der Waals surface area contributed by atoms with Crippen LogP contribution in [0.25, 0.3) is 11.6 Å². The van der Waals surface area contributed by atoms with E-state index in [4.69, 9.17) is 17.0 Å². The van der Waals surface area contributed by atoms with Gasteiger partial charge in [-0.1, -0.05) is 17.7 Å². The van der Waals surface area contributed by atoms with Crippen LogP contribution in [0, 0.1) is 5.41 Å². The normalized spacial score (nSPS) is 15.1. The highest BCUT2D eigenvalue weighted by molar-refractivity contribution is 6.31. The molecule has 2 N–H and O–H groups in total. The van der Waals surface area contributed by atoms with E-state index < -0.39 is 0 Å². The summed E-state index contributed by atoms with van der Waals surface area (Å²) >= 11 is 5.94. The molecule has 0 saturated heterocycles. The van der Waals surface area contributed by atoms with E-state index >= 15 is 0 Å². The van der Waals surface area contributed by atoms with Crippen LogP contribution in [0.1, 0.15) is 11.3 Å². The lowest BCUT2D eigenvalue weighted by Gasteiger charge is -2.01. The van der Waals surface area contributed by atoms with E-state index in [1.807, 2.05) is 18.2 Å². The van der Waals surface area contributed by atoms with Crippen molar-refractivity contribution in [2.45, 2.75) is 0 Å². The van der Waals surface area contributed by atoms with Gasteiger partial charge in [-0.3, -0.25) is 15.0 Å². The third-order valence-corrected chi connectivity index (χ3v) is 3.68. The molecule has 0 spiro atoms. The van der Waals surface area contributed by atoms with Gasteiger partial charge < -0.3 is 9.67 Å². The fraction of sp³-hybridized carbons (Fsp3) is 0.143. The number of benzene rings is 1. The molecule has 20 heavy (non-hydrogen) atoms. The molecule has 0 atom stereocenters. The number of aromatic nitrogens is 2. The number of nitrogens with one attached hydrogen (secondary N) is 1. The molecule has 2 aromatic rings. The van der Waals surface area contributed by atoms with Crippen molar-refractivity contribution < 1.29 is 5.11 Å². The molecule has 1 aliphatic rings. The number of hydrogen-bond donors (Lipinski definition) is 2. The van der Waals surface area contributed by atoms with Crippen molar-refractivity contribution in [3.05, 3.63) is 40.1 Å². The summed E-state index contributed by atoms with van der Waals surface area (Å²) in [4.78, 5) is 4.30. The molecule has 5 nitrogen and oxygen atoms in total. The van der Waals surface area contributed by atoms with Crippen LogP contribution in [-0.4, -0.2) is 20.5 Å². The van der Waals surface area contributed by atoms with Gasteiger partial charge in [0.1, 0.15) is 5.69 Å². The van der Waals surface area contributed by atoms with Gasteiger partial charge in [0, 0.05) is 36.5 Å². The third kappa shape index (κ3) is 1.78. The van der Waals surface area contributed by atoms with Crippen LogP contribution in [0.3, 0.4) is 0 Å². The van der Waals surface area contributed by atoms with Crippen molar-refractivity contribution in [3.8, 4) is 5.88 Å². The number of hydrogen-bond acceptors (Lipinski definition) is 3. The van der Waals surface area contributed by atoms with Gasteiger partial charge in [0.15, 0.2) is 0 Å². The van der Waals surface area contributed by atoms with Gasteiger partial charge in [0.05, 0.1) is 5.69 Å². The van der Waals surface area contributed by atoms with E-state index in [1.165, 1.54) is 4.57 Å². The number of halogens is 1. The van der Waals surface area contributed by atoms with Crippen LogP contribution in [-0.2, 0) is 14.1 Å². The van der Waals surface area contributed by atoms with Crippen LogP contribution in [0.5, 0.6) is 5.88 Å². The van der Waals surface area contributed by atoms with Gasteiger partial charge in [0.25, 0.3) is 0 Å². The number of rotatable bonds is 1. The van der Waals surface area contributed by atoms with Gasteiger partial charge in [-0.15, -0.1) is 0 Å². The van der Waals surface area contributed by atoms with Crippen molar-refractivity contribution >= 4 is 35.2 Å². The van der Waals surface area contributed by atoms with Gasteiger partial charge in [-0.05, 0) is 18.2 Å². The van der Waals surface area contributed by atoms with E-state index in [9.17, 15) is 5.11 Å². The molecule has 3 rings (SSSR count). The van der Waals surface area contributed by atoms with Crippen molar-refractivity contribution in [2.24, 2.45) is 19.1 Å². The summed E-state index contributed by atoms with van der Waals surface area (Å²) in [6.45, 7) is 0. The lowest BCUT2D eigenvalue weighted by Crippen LogP contribution is -2.20. The zero-order valence-corrected chi connectivity index (χ0v) is 11.8. The molecule has 0 amide bonds. The molecule has 1 aromatic heterocycles. The Morgan fingerprint density at radius 1 is 1.30 bits per heavy atom. The Hall–Kier alpha value is -2.27. The number of fused-ring (bicyclic) bond motifs is 1. The first-order valence-electron chi connectivity index (χ1n) is 6.04. The quantitative estimate of drug-likeness (QED) is 0.832. The Labute approximate surface area is 120 Å². The van der Waals surface area contributed by atoms with Crippen LogP contribution in [0.2, 0.25) is 5.02 Å². The van der Waals surface area contributed by atoms with Gasteiger partial charge in [-0.25, -0.2) is 0 Å². The van der Waals surface area contributed by atoms with Gasteiger partial charge in [0.2, 0.25) is 11.5 Å². The maximum Gasteiger partial charge on any atom is 0.218 e. The molecule has 0 bridgehead atoms. The van der Waals surface area contributed by atoms with Crippen molar-refractivity contribution in [1.82, 2.24) is 9.13 Å². The minimum Gasteiger partial charge on any atom is -0.493 e. The molecule has 0 fully saturated rings. The average molecular weight is 289 g/mol. The van der Waals surface area contributed by atoms with Crippen molar-refractivity contribution in [3.63, 3.8) is 0 Å². The first kappa shape index (κ1) is 12.7. The highest BCUT2D eigenvalue weighted by Gasteiger charge is 2.16. The maximum absolute atomic E-state index is 10.1. The summed E-state index contributed by atoms with van der Waals surface area (Å²) < 4.78 is 3.03. The minimum atomic E-state index is 0.0563. The highest BCUT2D eigenvalue weighted by Crippen LogP contribution is 2.35. The summed E-state index contributed by atoms with van der Waals surface area (Å²) in [7, 11) is 3.39. The monoisotopic (exact) mass is 288 g/mol. The second kappa shape index (κ2) is 4.38. The topological polar surface area (TPSA) is 66.3 Å². The summed E-state index contributed by atoms with van der Waals surface area (Å²) in [6, 6.07) is 5.51. The summed E-state index contributed by atoms with van der Waals surface area (Å²) in [5, 5.41) is 18.5. The molecule has 2 heterocycles. The van der Waals surface area contributed by atoms with E-state index in [0.717, 1.165) is 16.8 Å². The average Bonchev–Trinajstić information content (AvgIpc) is 2.90. The van der Waals surface area contributed by atoms with Crippen LogP contribution < -0.4 is 5.62 Å². The number of nitrogens with zero attached hydrogens (tertiary/aromatic N) is 3. The summed E-state index contributed by atoms with van der Waals surface area (Å²) in [5.74, 6) is 0.0563. The minimum absolute atomic E-state index is 0.0563. The first-order valence-corrected chi connectivity index (χ1v) is 6.42. The Morgan fingerprint density at radius 2 is 2.05 bits per heavy atom. The lowest BCUT2D eigenvalue weighted by molar-refractivity contribution is 0.427. The molecule has 6 heteroatoms. The maximum atomic E-state index is 10.1. The second-order valence-corrected chi connectivity index (χ2v) is 5.11. The molecular formula is C14H13ClN4O. The second-order valence-electron chi connectivity index (χ2n) is 4.67. The van der Waals surface area contributed by atoms with Crippen LogP contribution >= 0.6 is 11.6 Å². The molecule has 0 unspecified atom stereocenters. The number of aromatic hydroxyl groups is 1. The Kier molecular flexibility index (Phi) is 2.79. The SMILES string of the molecule is Cn1c(O)c(/C=C2/C=Nc3cc(Cl)ccc32)n(C)c1=N. The zero-order valence-electron chi connectivity index (χ0n) is 11.1. The number of aliphatic imine (C=N–C) groups is 1. The first-order chi connectivity index (χ1) is 9.49. The van der Waals surface area contributed by atoms with Crippen molar-refractivity contribution in [2.75, 3.05) is 0 Å². The van der Waals surface area contributed by atoms with Crippen LogP contribution in [0.15, 0.2) is 23.2 Å². The predicted molar refractivity (Wildman–Crippen MR) is 79.4 cm³/mol. The molecule has 1 aliphatic heterocycles. The van der Waals surface area contributed by atoms with E-state index in [2.05, 4.69) is 4.99 Å². The molecule has 0 aliphatic carbocycles. The zero-order chi connectivity index (χ0) is 14.4. The molecular weight excluding hydrogens is 276 g/mol. The van der Waals surface area contributed by atoms with Gasteiger partial charge in [-0.2, -0.15) is 0 Å². The third-order valence-electron chi connectivity index (χ3n) is 3.45. The van der Waals surface area contributed by atoms with Gasteiger partial charge >= 0.3 is 0 Å². The number of allylic oxidation sites excluding steroid dienone is 1. The largest absolute Gasteiger partial charge is 0.493 e. The summed E-state index contributed by atoms with van der Waals surface area (Å²) in [6.07, 6.45) is 3.55. The van der Waals surface area contributed by atoms with E-state index in [-0.39, 0.29) is 11.5 Å². The van der Waals surface area contributed by atoms with Crippen LogP contribution in [0.4, 0.5) is 5.69 Å². The van der Waals surface area contributed by atoms with E-state index in [1.54, 1.807) is 30.9 Å². The Balaban J connectivity index is 2.16. The fourth-order valence-electron chi connectivity index (χ4n) is 2.25. The predicted octanol–water partition coefficient (Wildman–Crippen LogP) is 2.46. The summed E-state index contributed by atoms with van der Waals surface area (Å²) in [5.41, 5.74) is 3.45. The fourth-order valence-corrected chi connectivity index (χ4v) is 2.42. The lowest BCUT2D eigenvalue weighted by atomic mass is 10.1. The highest BCUT2D eigenvalue weighted by atomic mass is 35.5. The molecule has 0 saturated carbocycles. The smallest absolute Gasteiger partial charge is 0.218 e. The van der Waals surface area contributed by atoms with Crippen molar-refractivity contribution in [1.29, 1.82) is 5.41 Å². The standard InChI is InChI=1S/C14H13ClN4O/c1-18-12(13(20)19(2)14(18)16)5-8-7-17-11-6-9(15)3-4-10(8)11/h3-7,16,20H,1-2H3/b8-5-,16-14?.